The molecule has 1 saturated carbocycles. The van der Waals surface area contributed by atoms with Gasteiger partial charge in [0.15, 0.2) is 0 Å². The Morgan fingerprint density at radius 3 is 2.55 bits per heavy atom. The zero-order chi connectivity index (χ0) is 22.0. The first-order chi connectivity index (χ1) is 14.9. The number of hydrogen-bond acceptors (Lipinski definition) is 3. The quantitative estimate of drug-likeness (QED) is 0.615. The van der Waals surface area contributed by atoms with Crippen molar-refractivity contribution in [2.24, 2.45) is 0 Å². The van der Waals surface area contributed by atoms with Gasteiger partial charge in [-0.3, -0.25) is 14.4 Å². The third-order valence-corrected chi connectivity index (χ3v) is 6.57. The highest BCUT2D eigenvalue weighted by Gasteiger charge is 2.30. The van der Waals surface area contributed by atoms with Gasteiger partial charge in [-0.1, -0.05) is 41.8 Å². The zero-order valence-corrected chi connectivity index (χ0v) is 19.0. The smallest absolute Gasteiger partial charge is 0.253 e. The van der Waals surface area contributed by atoms with Crippen LogP contribution in [-0.4, -0.2) is 52.4 Å². The van der Waals surface area contributed by atoms with Crippen LogP contribution in [-0.2, 0) is 16.1 Å². The minimum absolute atomic E-state index is 0.0542. The molecule has 2 heterocycles. The van der Waals surface area contributed by atoms with Crippen LogP contribution in [0.3, 0.4) is 0 Å². The molecule has 1 aromatic carbocycles. The van der Waals surface area contributed by atoms with E-state index < -0.39 is 0 Å². The van der Waals surface area contributed by atoms with Crippen LogP contribution in [0.15, 0.2) is 41.5 Å². The Bertz CT molecular complexity index is 1020. The van der Waals surface area contributed by atoms with E-state index in [0.29, 0.717) is 18.7 Å². The molecule has 164 valence electrons. The van der Waals surface area contributed by atoms with Crippen molar-refractivity contribution in [1.82, 2.24) is 20.1 Å². The highest BCUT2D eigenvalue weighted by atomic mass is 79.9. The molecular weight excluding hydrogens is 460 g/mol. The summed E-state index contributed by atoms with van der Waals surface area (Å²) in [5.41, 5.74) is 1.42. The topological polar surface area (TPSA) is 83.4 Å². The van der Waals surface area contributed by atoms with E-state index in [9.17, 15) is 14.4 Å². The Morgan fingerprint density at radius 2 is 1.84 bits per heavy atom. The third kappa shape index (κ3) is 4.84. The molecule has 8 heteroatoms. The Hall–Kier alpha value is -2.61. The van der Waals surface area contributed by atoms with Crippen LogP contribution in [0.25, 0.3) is 10.9 Å². The second kappa shape index (κ2) is 9.26. The lowest BCUT2D eigenvalue weighted by Gasteiger charge is -2.38. The van der Waals surface area contributed by atoms with Gasteiger partial charge in [0.25, 0.3) is 5.91 Å². The van der Waals surface area contributed by atoms with Crippen molar-refractivity contribution in [3.05, 3.63) is 47.1 Å². The number of carbonyl (C=O) groups excluding carboxylic acids is 3. The van der Waals surface area contributed by atoms with E-state index in [4.69, 9.17) is 0 Å². The van der Waals surface area contributed by atoms with Gasteiger partial charge in [-0.25, -0.2) is 0 Å². The van der Waals surface area contributed by atoms with Crippen molar-refractivity contribution in [2.75, 3.05) is 13.1 Å². The average molecular weight is 487 g/mol. The summed E-state index contributed by atoms with van der Waals surface area (Å²) in [4.78, 5) is 38.8. The van der Waals surface area contributed by atoms with Crippen LogP contribution in [0.2, 0.25) is 0 Å². The van der Waals surface area contributed by atoms with Gasteiger partial charge in [0.2, 0.25) is 11.8 Å². The molecule has 0 bridgehead atoms. The van der Waals surface area contributed by atoms with Crippen molar-refractivity contribution in [3.63, 3.8) is 0 Å². The predicted molar refractivity (Wildman–Crippen MR) is 123 cm³/mol. The van der Waals surface area contributed by atoms with Crippen molar-refractivity contribution < 1.29 is 14.4 Å². The molecular formula is C23H27BrN4O3. The number of nitrogens with zero attached hydrogens (tertiary/aromatic N) is 2. The number of likely N-dealkylation sites (tertiary alicyclic amines) is 1. The number of benzene rings is 1. The fourth-order valence-electron chi connectivity index (χ4n) is 4.40. The molecule has 1 aliphatic heterocycles. The fourth-order valence-corrected chi connectivity index (χ4v) is 4.76. The molecule has 0 unspecified atom stereocenters. The summed E-state index contributed by atoms with van der Waals surface area (Å²) >= 11 is 3.49. The molecule has 4 rings (SSSR count). The largest absolute Gasteiger partial charge is 0.349 e. The lowest BCUT2D eigenvalue weighted by molar-refractivity contribution is -0.133. The summed E-state index contributed by atoms with van der Waals surface area (Å²) in [6.45, 7) is 4.57. The molecule has 0 atom stereocenters. The summed E-state index contributed by atoms with van der Waals surface area (Å²) in [5.74, 6) is -0.359. The Balaban J connectivity index is 1.46. The Morgan fingerprint density at radius 1 is 1.10 bits per heavy atom. The number of fused-ring (bicyclic) bond motifs is 1. The number of rotatable bonds is 6. The van der Waals surface area contributed by atoms with E-state index in [1.165, 1.54) is 12.5 Å². The lowest BCUT2D eigenvalue weighted by Crippen LogP contribution is -2.61. The Labute approximate surface area is 190 Å². The fraction of sp³-hybridized carbons (Fsp3) is 0.435. The van der Waals surface area contributed by atoms with E-state index in [0.717, 1.165) is 41.1 Å². The average Bonchev–Trinajstić information content (AvgIpc) is 3.08. The maximum Gasteiger partial charge on any atom is 0.253 e. The second-order valence-corrected chi connectivity index (χ2v) is 9.27. The second-order valence-electron chi connectivity index (χ2n) is 8.35. The van der Waals surface area contributed by atoms with E-state index in [2.05, 4.69) is 33.1 Å². The zero-order valence-electron chi connectivity index (χ0n) is 17.4. The summed E-state index contributed by atoms with van der Waals surface area (Å²) in [5, 5.41) is 6.95. The van der Waals surface area contributed by atoms with E-state index in [1.807, 2.05) is 22.8 Å². The molecule has 1 aromatic heterocycles. The van der Waals surface area contributed by atoms with Crippen molar-refractivity contribution in [3.8, 4) is 0 Å². The molecule has 2 aliphatic rings. The first-order valence-corrected chi connectivity index (χ1v) is 11.5. The van der Waals surface area contributed by atoms with E-state index in [1.54, 1.807) is 11.1 Å². The normalized spacial score (nSPS) is 17.3. The van der Waals surface area contributed by atoms with Crippen LogP contribution in [0, 0.1) is 0 Å². The third-order valence-electron chi connectivity index (χ3n) is 6.08. The van der Waals surface area contributed by atoms with Gasteiger partial charge in [-0.05, 0) is 37.1 Å². The van der Waals surface area contributed by atoms with Crippen LogP contribution in [0.4, 0.5) is 0 Å². The Kier molecular flexibility index (Phi) is 6.46. The number of halogens is 1. The number of aromatic nitrogens is 1. The molecule has 2 N–H and O–H groups in total. The van der Waals surface area contributed by atoms with Crippen molar-refractivity contribution in [2.45, 2.75) is 50.7 Å². The number of carbonyl (C=O) groups is 3. The lowest BCUT2D eigenvalue weighted by atomic mass is 9.95. The van der Waals surface area contributed by atoms with Gasteiger partial charge in [0.05, 0.1) is 11.6 Å². The molecule has 0 radical (unpaired) electrons. The van der Waals surface area contributed by atoms with Gasteiger partial charge < -0.3 is 20.1 Å². The summed E-state index contributed by atoms with van der Waals surface area (Å²) in [6.07, 6.45) is 8.61. The summed E-state index contributed by atoms with van der Waals surface area (Å²) < 4.78 is 2.70. The van der Waals surface area contributed by atoms with Crippen LogP contribution < -0.4 is 10.6 Å². The first kappa shape index (κ1) is 21.6. The minimum Gasteiger partial charge on any atom is -0.349 e. The molecule has 1 aliphatic carbocycles. The van der Waals surface area contributed by atoms with E-state index >= 15 is 0 Å². The van der Waals surface area contributed by atoms with Crippen molar-refractivity contribution in [1.29, 1.82) is 0 Å². The van der Waals surface area contributed by atoms with Crippen LogP contribution in [0.5, 0.6) is 0 Å². The van der Waals surface area contributed by atoms with E-state index in [-0.39, 0.29) is 36.3 Å². The van der Waals surface area contributed by atoms with Gasteiger partial charge >= 0.3 is 0 Å². The van der Waals surface area contributed by atoms with Crippen molar-refractivity contribution >= 4 is 44.6 Å². The summed E-state index contributed by atoms with van der Waals surface area (Å²) in [7, 11) is 0. The molecule has 2 aromatic rings. The summed E-state index contributed by atoms with van der Waals surface area (Å²) in [6, 6.07) is 5.91. The standard InChI is InChI=1S/C23H27BrN4O3/c1-2-22(30)28-11-17(12-28)25-21(29)14-27-13-19(18-10-15(24)8-9-20(18)27)23(31)26-16-6-4-3-5-7-16/h2,8-10,13,16-17H,1,3-7,11-12,14H2,(H,25,29)(H,26,31). The monoisotopic (exact) mass is 486 g/mol. The molecule has 2 fully saturated rings. The minimum atomic E-state index is -0.144. The maximum atomic E-state index is 13.0. The van der Waals surface area contributed by atoms with Gasteiger partial charge in [0, 0.05) is 40.7 Å². The first-order valence-electron chi connectivity index (χ1n) is 10.7. The number of amides is 3. The SMILES string of the molecule is C=CC(=O)N1CC(NC(=O)Cn2cc(C(=O)NC3CCCCC3)c3cc(Br)ccc32)C1. The van der Waals surface area contributed by atoms with Gasteiger partial charge in [-0.15, -0.1) is 0 Å². The molecule has 1 saturated heterocycles. The molecule has 0 spiro atoms. The van der Waals surface area contributed by atoms with Crippen LogP contribution in [0.1, 0.15) is 42.5 Å². The predicted octanol–water partition coefficient (Wildman–Crippen LogP) is 2.98. The van der Waals surface area contributed by atoms with Gasteiger partial charge in [-0.2, -0.15) is 0 Å². The maximum absolute atomic E-state index is 13.0. The number of hydrogen-bond donors (Lipinski definition) is 2. The highest BCUT2D eigenvalue weighted by Crippen LogP contribution is 2.26. The number of nitrogens with one attached hydrogen (secondary N) is 2. The van der Waals surface area contributed by atoms with Crippen LogP contribution >= 0.6 is 15.9 Å². The molecule has 31 heavy (non-hydrogen) atoms. The molecule has 7 nitrogen and oxygen atoms in total. The van der Waals surface area contributed by atoms with Gasteiger partial charge in [0.1, 0.15) is 6.54 Å². The molecule has 3 amide bonds. The highest BCUT2D eigenvalue weighted by molar-refractivity contribution is 9.10.